The van der Waals surface area contributed by atoms with E-state index < -0.39 is 0 Å². The van der Waals surface area contributed by atoms with Gasteiger partial charge in [-0.2, -0.15) is 0 Å². The van der Waals surface area contributed by atoms with Crippen molar-refractivity contribution in [2.24, 2.45) is 0 Å². The first-order chi connectivity index (χ1) is 15.2. The van der Waals surface area contributed by atoms with Crippen LogP contribution in [0.5, 0.6) is 11.5 Å². The quantitative estimate of drug-likeness (QED) is 0.345. The fourth-order valence-corrected chi connectivity index (χ4v) is 4.01. The number of carbonyl (C=O) groups excluding carboxylic acids is 1. The highest BCUT2D eigenvalue weighted by atomic mass is 32.2. The average Bonchev–Trinajstić information content (AvgIpc) is 2.82. The number of rotatable bonds is 7. The van der Waals surface area contributed by atoms with Crippen molar-refractivity contribution >= 4 is 34.1 Å². The number of methoxy groups -OCH3 is 1. The molecule has 31 heavy (non-hydrogen) atoms. The van der Waals surface area contributed by atoms with Gasteiger partial charge in [0.25, 0.3) is 5.91 Å². The zero-order valence-corrected chi connectivity index (χ0v) is 18.2. The minimum absolute atomic E-state index is 0.171. The number of nitrogens with one attached hydrogen (secondary N) is 1. The van der Waals surface area contributed by atoms with Crippen LogP contribution in [0.3, 0.4) is 0 Å². The Morgan fingerprint density at radius 2 is 1.68 bits per heavy atom. The van der Waals surface area contributed by atoms with Crippen LogP contribution in [0.2, 0.25) is 0 Å². The summed E-state index contributed by atoms with van der Waals surface area (Å²) in [6.45, 7) is 0.291. The Bertz CT molecular complexity index is 1220. The smallest absolute Gasteiger partial charge is 0.255 e. The summed E-state index contributed by atoms with van der Waals surface area (Å²) in [6.07, 6.45) is 1.99. The standard InChI is InChI=1S/C26H23NO3S/c1-29-23-15-14-19(26(28)27-22-11-5-6-13-25(22)31-2)16-20(23)17-30-24-12-7-9-18-8-3-4-10-21(18)24/h3-16H,17H2,1-2H3,(H,27,28). The molecule has 156 valence electrons. The number of hydrogen-bond acceptors (Lipinski definition) is 4. The van der Waals surface area contributed by atoms with E-state index in [2.05, 4.69) is 17.4 Å². The topological polar surface area (TPSA) is 47.6 Å². The van der Waals surface area contributed by atoms with E-state index >= 15 is 0 Å². The van der Waals surface area contributed by atoms with Gasteiger partial charge in [-0.25, -0.2) is 0 Å². The average molecular weight is 430 g/mol. The number of thioether (sulfide) groups is 1. The second kappa shape index (κ2) is 9.58. The Kier molecular flexibility index (Phi) is 6.43. The van der Waals surface area contributed by atoms with E-state index in [0.29, 0.717) is 17.9 Å². The molecule has 0 heterocycles. The second-order valence-corrected chi connectivity index (χ2v) is 7.80. The van der Waals surface area contributed by atoms with Crippen LogP contribution in [0.1, 0.15) is 15.9 Å². The lowest BCUT2D eigenvalue weighted by Gasteiger charge is -2.14. The molecule has 0 aliphatic rings. The third-order valence-electron chi connectivity index (χ3n) is 5.03. The monoisotopic (exact) mass is 429 g/mol. The van der Waals surface area contributed by atoms with Crippen molar-refractivity contribution in [2.75, 3.05) is 18.7 Å². The SMILES string of the molecule is COc1ccc(C(=O)Nc2ccccc2SC)cc1COc1cccc2ccccc12. The van der Waals surface area contributed by atoms with E-state index in [-0.39, 0.29) is 5.91 Å². The van der Waals surface area contributed by atoms with E-state index in [4.69, 9.17) is 9.47 Å². The molecule has 1 N–H and O–H groups in total. The number of ether oxygens (including phenoxy) is 2. The molecule has 0 bridgehead atoms. The van der Waals surface area contributed by atoms with E-state index in [1.54, 1.807) is 31.0 Å². The van der Waals surface area contributed by atoms with Gasteiger partial charge in [0.15, 0.2) is 0 Å². The van der Waals surface area contributed by atoms with Crippen molar-refractivity contribution in [1.82, 2.24) is 0 Å². The fourth-order valence-electron chi connectivity index (χ4n) is 3.45. The fraction of sp³-hybridized carbons (Fsp3) is 0.115. The Morgan fingerprint density at radius 1 is 0.903 bits per heavy atom. The van der Waals surface area contributed by atoms with Gasteiger partial charge in [0.05, 0.1) is 12.8 Å². The van der Waals surface area contributed by atoms with Crippen molar-refractivity contribution in [3.8, 4) is 11.5 Å². The zero-order valence-electron chi connectivity index (χ0n) is 17.4. The molecular weight excluding hydrogens is 406 g/mol. The summed E-state index contributed by atoms with van der Waals surface area (Å²) in [6, 6.07) is 27.2. The second-order valence-electron chi connectivity index (χ2n) is 6.95. The Balaban J connectivity index is 1.56. The van der Waals surface area contributed by atoms with Gasteiger partial charge in [-0.3, -0.25) is 4.79 Å². The molecule has 0 saturated carbocycles. The van der Waals surface area contributed by atoms with Crippen LogP contribution in [-0.4, -0.2) is 19.3 Å². The lowest BCUT2D eigenvalue weighted by atomic mass is 10.1. The number of para-hydroxylation sites is 1. The minimum Gasteiger partial charge on any atom is -0.496 e. The normalized spacial score (nSPS) is 10.6. The molecule has 0 spiro atoms. The molecular formula is C26H23NO3S. The lowest BCUT2D eigenvalue weighted by Crippen LogP contribution is -2.13. The highest BCUT2D eigenvalue weighted by molar-refractivity contribution is 7.98. The number of amides is 1. The molecule has 0 atom stereocenters. The number of fused-ring (bicyclic) bond motifs is 1. The van der Waals surface area contributed by atoms with Crippen LogP contribution in [0.15, 0.2) is 89.8 Å². The molecule has 0 aliphatic carbocycles. The van der Waals surface area contributed by atoms with Gasteiger partial charge in [-0.15, -0.1) is 11.8 Å². The molecule has 0 radical (unpaired) electrons. The maximum atomic E-state index is 12.9. The van der Waals surface area contributed by atoms with Gasteiger partial charge in [-0.1, -0.05) is 48.5 Å². The van der Waals surface area contributed by atoms with Crippen molar-refractivity contribution in [3.63, 3.8) is 0 Å². The summed E-state index contributed by atoms with van der Waals surface area (Å²) in [5.41, 5.74) is 2.15. The van der Waals surface area contributed by atoms with Crippen LogP contribution in [0.4, 0.5) is 5.69 Å². The first-order valence-corrected chi connectivity index (χ1v) is 11.1. The lowest BCUT2D eigenvalue weighted by molar-refractivity contribution is 0.102. The molecule has 4 aromatic carbocycles. The molecule has 0 saturated heterocycles. The summed E-state index contributed by atoms with van der Waals surface area (Å²) in [4.78, 5) is 13.9. The number of benzene rings is 4. The summed E-state index contributed by atoms with van der Waals surface area (Å²) in [5, 5.41) is 5.16. The van der Waals surface area contributed by atoms with Gasteiger partial charge in [-0.05, 0) is 48.0 Å². The Labute approximate surface area is 186 Å². The molecule has 0 fully saturated rings. The zero-order chi connectivity index (χ0) is 21.6. The number of carbonyl (C=O) groups is 1. The maximum Gasteiger partial charge on any atom is 0.255 e. The largest absolute Gasteiger partial charge is 0.496 e. The third-order valence-corrected chi connectivity index (χ3v) is 5.83. The Hall–Kier alpha value is -3.44. The predicted molar refractivity (Wildman–Crippen MR) is 127 cm³/mol. The Morgan fingerprint density at radius 3 is 2.52 bits per heavy atom. The van der Waals surface area contributed by atoms with Gasteiger partial charge in [0, 0.05) is 21.4 Å². The first kappa shape index (κ1) is 20.8. The van der Waals surface area contributed by atoms with Gasteiger partial charge in [0.2, 0.25) is 0 Å². The van der Waals surface area contributed by atoms with Crippen molar-refractivity contribution in [2.45, 2.75) is 11.5 Å². The van der Waals surface area contributed by atoms with Gasteiger partial charge < -0.3 is 14.8 Å². The predicted octanol–water partition coefficient (Wildman–Crippen LogP) is 6.40. The first-order valence-electron chi connectivity index (χ1n) is 9.91. The molecule has 4 rings (SSSR count). The van der Waals surface area contributed by atoms with E-state index in [0.717, 1.165) is 32.7 Å². The molecule has 0 aliphatic heterocycles. The van der Waals surface area contributed by atoms with Gasteiger partial charge >= 0.3 is 0 Å². The van der Waals surface area contributed by atoms with Crippen LogP contribution in [0, 0.1) is 0 Å². The summed E-state index contributed by atoms with van der Waals surface area (Å²) < 4.78 is 11.6. The maximum absolute atomic E-state index is 12.9. The molecule has 1 amide bonds. The molecule has 0 aromatic heterocycles. The van der Waals surface area contributed by atoms with Crippen molar-refractivity contribution in [1.29, 1.82) is 0 Å². The summed E-state index contributed by atoms with van der Waals surface area (Å²) in [7, 11) is 1.62. The van der Waals surface area contributed by atoms with Crippen LogP contribution in [0.25, 0.3) is 10.8 Å². The highest BCUT2D eigenvalue weighted by Crippen LogP contribution is 2.29. The molecule has 4 nitrogen and oxygen atoms in total. The summed E-state index contributed by atoms with van der Waals surface area (Å²) in [5.74, 6) is 1.31. The minimum atomic E-state index is -0.171. The van der Waals surface area contributed by atoms with Crippen molar-refractivity contribution < 1.29 is 14.3 Å². The molecule has 5 heteroatoms. The van der Waals surface area contributed by atoms with Gasteiger partial charge in [0.1, 0.15) is 18.1 Å². The number of anilines is 1. The number of hydrogen-bond donors (Lipinski definition) is 1. The van der Waals surface area contributed by atoms with Crippen LogP contribution < -0.4 is 14.8 Å². The van der Waals surface area contributed by atoms with E-state index in [9.17, 15) is 4.79 Å². The van der Waals surface area contributed by atoms with Crippen molar-refractivity contribution in [3.05, 3.63) is 96.1 Å². The highest BCUT2D eigenvalue weighted by Gasteiger charge is 2.13. The van der Waals surface area contributed by atoms with Crippen LogP contribution >= 0.6 is 11.8 Å². The van der Waals surface area contributed by atoms with E-state index in [1.165, 1.54) is 0 Å². The molecule has 4 aromatic rings. The summed E-state index contributed by atoms with van der Waals surface area (Å²) >= 11 is 1.59. The third kappa shape index (κ3) is 4.67. The molecule has 0 unspecified atom stereocenters. The van der Waals surface area contributed by atoms with Crippen LogP contribution in [-0.2, 0) is 6.61 Å². The van der Waals surface area contributed by atoms with E-state index in [1.807, 2.05) is 66.9 Å².